The Morgan fingerprint density at radius 1 is 1.07 bits per heavy atom. The second-order valence-corrected chi connectivity index (χ2v) is 8.76. The lowest BCUT2D eigenvalue weighted by molar-refractivity contribution is -0.122. The number of carbonyl (C=O) groups is 1. The average molecular weight is 441 g/mol. The van der Waals surface area contributed by atoms with Gasteiger partial charge in [-0.3, -0.25) is 9.69 Å². The minimum Gasteiger partial charge on any atom is -0.347 e. The van der Waals surface area contributed by atoms with Gasteiger partial charge >= 0.3 is 0 Å². The van der Waals surface area contributed by atoms with Gasteiger partial charge in [-0.15, -0.1) is 0 Å². The summed E-state index contributed by atoms with van der Waals surface area (Å²) in [5.74, 6) is -2.07. The molecule has 2 aromatic carbocycles. The Balaban J connectivity index is 1.86. The van der Waals surface area contributed by atoms with E-state index in [-0.39, 0.29) is 12.3 Å². The van der Waals surface area contributed by atoms with Crippen molar-refractivity contribution in [2.75, 3.05) is 13.1 Å². The summed E-state index contributed by atoms with van der Waals surface area (Å²) in [7, 11) is 0. The van der Waals surface area contributed by atoms with Gasteiger partial charge in [0.1, 0.15) is 0 Å². The highest BCUT2D eigenvalue weighted by molar-refractivity contribution is 6.42. The molecule has 2 aromatic rings. The highest BCUT2D eigenvalue weighted by atomic mass is 35.5. The summed E-state index contributed by atoms with van der Waals surface area (Å²) in [4.78, 5) is 15.1. The molecular formula is C22H24Cl2F2N2O. The fourth-order valence-corrected chi connectivity index (χ4v) is 4.20. The number of nitrogens with zero attached hydrogens (tertiary/aromatic N) is 1. The van der Waals surface area contributed by atoms with Gasteiger partial charge in [0, 0.05) is 5.54 Å². The molecule has 1 fully saturated rings. The Hall–Kier alpha value is -1.69. The van der Waals surface area contributed by atoms with Crippen molar-refractivity contribution >= 4 is 29.1 Å². The smallest absolute Gasteiger partial charge is 0.224 e. The van der Waals surface area contributed by atoms with Crippen LogP contribution in [-0.4, -0.2) is 29.4 Å². The molecule has 1 N–H and O–H groups in total. The first-order valence-electron chi connectivity index (χ1n) is 9.62. The molecule has 0 aromatic heterocycles. The zero-order valence-electron chi connectivity index (χ0n) is 16.4. The van der Waals surface area contributed by atoms with E-state index in [0.717, 1.165) is 43.6 Å². The Morgan fingerprint density at radius 3 is 2.38 bits per heavy atom. The number of carbonyl (C=O) groups excluding carboxylic acids is 1. The molecule has 7 heteroatoms. The van der Waals surface area contributed by atoms with Gasteiger partial charge in [-0.05, 0) is 75.2 Å². The number of halogens is 4. The first kappa shape index (κ1) is 22.0. The minimum absolute atomic E-state index is 0.104. The SMILES string of the molecule is CC(C)(C(NC(=O)Cc1ccc(Cl)c(Cl)c1)c1ccc(F)c(F)c1)N1CCCC1. The quantitative estimate of drug-likeness (QED) is 0.638. The summed E-state index contributed by atoms with van der Waals surface area (Å²) in [6, 6.07) is 8.33. The predicted molar refractivity (Wildman–Crippen MR) is 112 cm³/mol. The minimum atomic E-state index is -0.927. The first-order chi connectivity index (χ1) is 13.7. The molecule has 0 bridgehead atoms. The predicted octanol–water partition coefficient (Wildman–Crippen LogP) is 5.55. The highest BCUT2D eigenvalue weighted by Crippen LogP contribution is 2.34. The fraction of sp³-hybridized carbons (Fsp3) is 0.409. The molecule has 156 valence electrons. The van der Waals surface area contributed by atoms with Crippen molar-refractivity contribution in [1.29, 1.82) is 0 Å². The zero-order valence-corrected chi connectivity index (χ0v) is 18.0. The molecular weight excluding hydrogens is 417 g/mol. The van der Waals surface area contributed by atoms with Crippen LogP contribution in [0.4, 0.5) is 8.78 Å². The van der Waals surface area contributed by atoms with E-state index in [1.165, 1.54) is 6.07 Å². The summed E-state index contributed by atoms with van der Waals surface area (Å²) >= 11 is 12.0. The summed E-state index contributed by atoms with van der Waals surface area (Å²) in [6.45, 7) is 5.83. The van der Waals surface area contributed by atoms with Gasteiger partial charge < -0.3 is 5.32 Å². The third-order valence-electron chi connectivity index (χ3n) is 5.56. The average Bonchev–Trinajstić information content (AvgIpc) is 3.21. The van der Waals surface area contributed by atoms with E-state index >= 15 is 0 Å². The summed E-state index contributed by atoms with van der Waals surface area (Å²) < 4.78 is 27.4. The van der Waals surface area contributed by atoms with Crippen molar-refractivity contribution in [1.82, 2.24) is 10.2 Å². The lowest BCUT2D eigenvalue weighted by atomic mass is 9.86. The maximum atomic E-state index is 13.9. The zero-order chi connectivity index (χ0) is 21.2. The number of rotatable bonds is 6. The fourth-order valence-electron chi connectivity index (χ4n) is 3.88. The third kappa shape index (κ3) is 5.08. The molecule has 3 nitrogen and oxygen atoms in total. The van der Waals surface area contributed by atoms with Crippen LogP contribution in [0.1, 0.15) is 43.9 Å². The standard InChI is InChI=1S/C22H24Cl2F2N2O/c1-22(2,28-9-3-4-10-28)21(15-6-8-18(25)19(26)13-15)27-20(29)12-14-5-7-16(23)17(24)11-14/h5-8,11,13,21H,3-4,9-10,12H2,1-2H3,(H,27,29). The highest BCUT2D eigenvalue weighted by Gasteiger charge is 2.38. The number of nitrogens with one attached hydrogen (secondary N) is 1. The van der Waals surface area contributed by atoms with Crippen molar-refractivity contribution in [3.8, 4) is 0 Å². The van der Waals surface area contributed by atoms with Gasteiger partial charge in [-0.1, -0.05) is 35.3 Å². The Kier molecular flexibility index (Phi) is 6.82. The van der Waals surface area contributed by atoms with Crippen LogP contribution in [0.3, 0.4) is 0 Å². The second kappa shape index (κ2) is 8.99. The van der Waals surface area contributed by atoms with Crippen LogP contribution < -0.4 is 5.32 Å². The van der Waals surface area contributed by atoms with Crippen LogP contribution in [0.15, 0.2) is 36.4 Å². The van der Waals surface area contributed by atoms with Gasteiger partial charge in [0.25, 0.3) is 0 Å². The number of amides is 1. The Morgan fingerprint density at radius 2 is 1.76 bits per heavy atom. The summed E-state index contributed by atoms with van der Waals surface area (Å²) in [5, 5.41) is 3.84. The van der Waals surface area contributed by atoms with E-state index in [2.05, 4.69) is 10.2 Å². The normalized spacial score (nSPS) is 16.1. The monoisotopic (exact) mass is 440 g/mol. The van der Waals surface area contributed by atoms with E-state index in [4.69, 9.17) is 23.2 Å². The number of hydrogen-bond acceptors (Lipinski definition) is 2. The summed E-state index contributed by atoms with van der Waals surface area (Å²) in [5.41, 5.74) is 0.775. The van der Waals surface area contributed by atoms with Crippen LogP contribution in [0.2, 0.25) is 10.0 Å². The van der Waals surface area contributed by atoms with E-state index in [9.17, 15) is 13.6 Å². The molecule has 0 saturated carbocycles. The Labute approximate surface area is 180 Å². The van der Waals surface area contributed by atoms with E-state index in [0.29, 0.717) is 15.6 Å². The molecule has 3 rings (SSSR count). The molecule has 1 atom stereocenters. The maximum Gasteiger partial charge on any atom is 0.224 e. The Bertz CT molecular complexity index is 898. The van der Waals surface area contributed by atoms with Gasteiger partial charge in [-0.2, -0.15) is 0 Å². The lowest BCUT2D eigenvalue weighted by Gasteiger charge is -2.42. The number of hydrogen-bond donors (Lipinski definition) is 1. The lowest BCUT2D eigenvalue weighted by Crippen LogP contribution is -2.53. The molecule has 1 saturated heterocycles. The largest absolute Gasteiger partial charge is 0.347 e. The molecule has 1 amide bonds. The van der Waals surface area contributed by atoms with Gasteiger partial charge in [0.15, 0.2) is 11.6 Å². The van der Waals surface area contributed by atoms with Crippen LogP contribution in [-0.2, 0) is 11.2 Å². The topological polar surface area (TPSA) is 32.3 Å². The second-order valence-electron chi connectivity index (χ2n) is 7.95. The third-order valence-corrected chi connectivity index (χ3v) is 6.30. The van der Waals surface area contributed by atoms with Crippen molar-refractivity contribution < 1.29 is 13.6 Å². The van der Waals surface area contributed by atoms with Crippen LogP contribution in [0, 0.1) is 11.6 Å². The van der Waals surface area contributed by atoms with Crippen LogP contribution in [0.5, 0.6) is 0 Å². The van der Waals surface area contributed by atoms with E-state index in [1.807, 2.05) is 13.8 Å². The van der Waals surface area contributed by atoms with Crippen LogP contribution in [0.25, 0.3) is 0 Å². The molecule has 1 aliphatic heterocycles. The molecule has 1 unspecified atom stereocenters. The van der Waals surface area contributed by atoms with Gasteiger partial charge in [0.2, 0.25) is 5.91 Å². The summed E-state index contributed by atoms with van der Waals surface area (Å²) in [6.07, 6.45) is 2.25. The van der Waals surface area contributed by atoms with Gasteiger partial charge in [0.05, 0.1) is 22.5 Å². The molecule has 0 radical (unpaired) electrons. The van der Waals surface area contributed by atoms with Gasteiger partial charge in [-0.25, -0.2) is 8.78 Å². The molecule has 1 aliphatic rings. The van der Waals surface area contributed by atoms with E-state index < -0.39 is 23.2 Å². The first-order valence-corrected chi connectivity index (χ1v) is 10.4. The van der Waals surface area contributed by atoms with Crippen molar-refractivity contribution in [3.63, 3.8) is 0 Å². The number of benzene rings is 2. The van der Waals surface area contributed by atoms with Crippen molar-refractivity contribution in [2.45, 2.75) is 44.7 Å². The van der Waals surface area contributed by atoms with Crippen LogP contribution >= 0.6 is 23.2 Å². The van der Waals surface area contributed by atoms with E-state index in [1.54, 1.807) is 18.2 Å². The number of likely N-dealkylation sites (tertiary alicyclic amines) is 1. The molecule has 29 heavy (non-hydrogen) atoms. The molecule has 1 heterocycles. The molecule has 0 aliphatic carbocycles. The van der Waals surface area contributed by atoms with Crippen molar-refractivity contribution in [2.24, 2.45) is 0 Å². The maximum absolute atomic E-state index is 13.9. The molecule has 0 spiro atoms. The van der Waals surface area contributed by atoms with Crippen molar-refractivity contribution in [3.05, 3.63) is 69.2 Å².